The lowest BCUT2D eigenvalue weighted by atomic mass is 9.76. The van der Waals surface area contributed by atoms with E-state index < -0.39 is 0 Å². The molecule has 0 bridgehead atoms. The van der Waals surface area contributed by atoms with Crippen LogP contribution in [0.2, 0.25) is 0 Å². The average Bonchev–Trinajstić information content (AvgIpc) is 2.46. The van der Waals surface area contributed by atoms with Crippen LogP contribution < -0.4 is 5.73 Å². The van der Waals surface area contributed by atoms with E-state index in [1.54, 1.807) is 0 Å². The monoisotopic (exact) mass is 272 g/mol. The van der Waals surface area contributed by atoms with Crippen LogP contribution >= 0.6 is 0 Å². The Morgan fingerprint density at radius 2 is 1.80 bits per heavy atom. The molecule has 0 amide bonds. The minimum absolute atomic E-state index is 0.176. The largest absolute Gasteiger partial charge is 0.323 e. The minimum Gasteiger partial charge on any atom is -0.323 e. The summed E-state index contributed by atoms with van der Waals surface area (Å²) in [5.74, 6) is 1.42. The predicted molar refractivity (Wildman–Crippen MR) is 84.8 cm³/mol. The maximum Gasteiger partial charge on any atom is 0.0456 e. The summed E-state index contributed by atoms with van der Waals surface area (Å²) in [5.41, 5.74) is 9.49. The van der Waals surface area contributed by atoms with E-state index in [4.69, 9.17) is 5.73 Å². The lowest BCUT2D eigenvalue weighted by Crippen LogP contribution is -2.53. The Balaban J connectivity index is 1.89. The van der Waals surface area contributed by atoms with Gasteiger partial charge in [-0.05, 0) is 55.7 Å². The summed E-state index contributed by atoms with van der Waals surface area (Å²) in [6, 6.07) is 10.1. The van der Waals surface area contributed by atoms with Crippen molar-refractivity contribution in [1.29, 1.82) is 0 Å². The van der Waals surface area contributed by atoms with Gasteiger partial charge in [0.25, 0.3) is 0 Å². The van der Waals surface area contributed by atoms with E-state index in [1.807, 2.05) is 0 Å². The first-order valence-electron chi connectivity index (χ1n) is 8.19. The normalized spacial score (nSPS) is 38.5. The number of likely N-dealkylation sites (tertiary alicyclic amines) is 1. The molecule has 2 heteroatoms. The first-order chi connectivity index (χ1) is 9.59. The maximum atomic E-state index is 6.65. The molecule has 1 fully saturated rings. The standard InChI is InChI=1S/C18H28N2/c1-12-7-6-10-20(14(12)3)17-11-13(2)15-8-4-5-9-16(15)18(17)19/h4-5,8-9,12-14,17-18H,6-7,10-11,19H2,1-3H3. The van der Waals surface area contributed by atoms with Crippen molar-refractivity contribution in [3.8, 4) is 0 Å². The van der Waals surface area contributed by atoms with E-state index in [2.05, 4.69) is 49.9 Å². The molecule has 2 nitrogen and oxygen atoms in total. The second kappa shape index (κ2) is 5.50. The summed E-state index contributed by atoms with van der Waals surface area (Å²) >= 11 is 0. The van der Waals surface area contributed by atoms with Crippen molar-refractivity contribution in [2.24, 2.45) is 11.7 Å². The number of benzene rings is 1. The average molecular weight is 272 g/mol. The van der Waals surface area contributed by atoms with Gasteiger partial charge in [0, 0.05) is 18.1 Å². The van der Waals surface area contributed by atoms with E-state index in [0.29, 0.717) is 18.0 Å². The molecule has 0 aromatic heterocycles. The Labute approximate surface area is 123 Å². The van der Waals surface area contributed by atoms with E-state index in [9.17, 15) is 0 Å². The molecule has 1 heterocycles. The molecule has 1 aliphatic carbocycles. The summed E-state index contributed by atoms with van der Waals surface area (Å²) in [6.45, 7) is 8.36. The fraction of sp³-hybridized carbons (Fsp3) is 0.667. The zero-order valence-corrected chi connectivity index (χ0v) is 13.0. The molecule has 5 atom stereocenters. The number of hydrogen-bond donors (Lipinski definition) is 1. The highest BCUT2D eigenvalue weighted by atomic mass is 15.2. The van der Waals surface area contributed by atoms with Crippen LogP contribution in [0.15, 0.2) is 24.3 Å². The zero-order valence-electron chi connectivity index (χ0n) is 13.0. The molecular weight excluding hydrogens is 244 g/mol. The number of hydrogen-bond acceptors (Lipinski definition) is 2. The number of nitrogens with two attached hydrogens (primary N) is 1. The second-order valence-electron chi connectivity index (χ2n) is 6.96. The Morgan fingerprint density at radius 3 is 2.55 bits per heavy atom. The summed E-state index contributed by atoms with van der Waals surface area (Å²) < 4.78 is 0. The molecule has 0 saturated carbocycles. The Kier molecular flexibility index (Phi) is 3.87. The Morgan fingerprint density at radius 1 is 1.10 bits per heavy atom. The summed E-state index contributed by atoms with van der Waals surface area (Å²) in [6.07, 6.45) is 3.89. The molecule has 1 aromatic carbocycles. The first kappa shape index (κ1) is 14.1. The minimum atomic E-state index is 0.176. The van der Waals surface area contributed by atoms with Crippen LogP contribution in [0.25, 0.3) is 0 Å². The number of rotatable bonds is 1. The number of fused-ring (bicyclic) bond motifs is 1. The maximum absolute atomic E-state index is 6.65. The molecule has 3 rings (SSSR count). The quantitative estimate of drug-likeness (QED) is 0.845. The first-order valence-corrected chi connectivity index (χ1v) is 8.19. The van der Waals surface area contributed by atoms with Gasteiger partial charge in [-0.2, -0.15) is 0 Å². The summed E-state index contributed by atoms with van der Waals surface area (Å²) in [7, 11) is 0. The molecule has 1 aromatic rings. The van der Waals surface area contributed by atoms with Gasteiger partial charge in [0.1, 0.15) is 0 Å². The fourth-order valence-corrected chi connectivity index (χ4v) is 4.28. The van der Waals surface area contributed by atoms with Crippen molar-refractivity contribution in [2.75, 3.05) is 6.54 Å². The van der Waals surface area contributed by atoms with Gasteiger partial charge < -0.3 is 5.73 Å². The molecule has 2 N–H and O–H groups in total. The van der Waals surface area contributed by atoms with Crippen molar-refractivity contribution < 1.29 is 0 Å². The van der Waals surface area contributed by atoms with Gasteiger partial charge in [0.05, 0.1) is 0 Å². The van der Waals surface area contributed by atoms with Gasteiger partial charge in [-0.3, -0.25) is 4.90 Å². The van der Waals surface area contributed by atoms with Gasteiger partial charge in [0.2, 0.25) is 0 Å². The molecule has 5 unspecified atom stereocenters. The third-order valence-corrected chi connectivity index (χ3v) is 5.74. The van der Waals surface area contributed by atoms with E-state index in [1.165, 1.54) is 36.9 Å². The third kappa shape index (κ3) is 2.29. The van der Waals surface area contributed by atoms with Crippen molar-refractivity contribution in [3.63, 3.8) is 0 Å². The highest BCUT2D eigenvalue weighted by Gasteiger charge is 2.38. The summed E-state index contributed by atoms with van der Waals surface area (Å²) in [5, 5.41) is 0. The topological polar surface area (TPSA) is 29.3 Å². The lowest BCUT2D eigenvalue weighted by Gasteiger charge is -2.48. The zero-order chi connectivity index (χ0) is 14.3. The van der Waals surface area contributed by atoms with Gasteiger partial charge >= 0.3 is 0 Å². The van der Waals surface area contributed by atoms with Gasteiger partial charge in [-0.15, -0.1) is 0 Å². The van der Waals surface area contributed by atoms with Crippen LogP contribution in [-0.4, -0.2) is 23.5 Å². The van der Waals surface area contributed by atoms with Gasteiger partial charge in [-0.1, -0.05) is 38.1 Å². The molecule has 20 heavy (non-hydrogen) atoms. The molecule has 2 aliphatic rings. The van der Waals surface area contributed by atoms with Crippen LogP contribution in [0.5, 0.6) is 0 Å². The van der Waals surface area contributed by atoms with Crippen molar-refractivity contribution in [3.05, 3.63) is 35.4 Å². The van der Waals surface area contributed by atoms with Crippen molar-refractivity contribution >= 4 is 0 Å². The lowest BCUT2D eigenvalue weighted by molar-refractivity contribution is 0.0449. The van der Waals surface area contributed by atoms with Crippen molar-refractivity contribution in [1.82, 2.24) is 4.90 Å². The second-order valence-corrected chi connectivity index (χ2v) is 6.96. The molecule has 0 radical (unpaired) electrons. The smallest absolute Gasteiger partial charge is 0.0456 e. The molecule has 110 valence electrons. The van der Waals surface area contributed by atoms with E-state index >= 15 is 0 Å². The van der Waals surface area contributed by atoms with Crippen LogP contribution in [0.1, 0.15) is 63.1 Å². The Bertz CT molecular complexity index is 470. The van der Waals surface area contributed by atoms with Crippen LogP contribution in [0.4, 0.5) is 0 Å². The van der Waals surface area contributed by atoms with Crippen LogP contribution in [0.3, 0.4) is 0 Å². The Hall–Kier alpha value is -0.860. The number of nitrogens with zero attached hydrogens (tertiary/aromatic N) is 1. The van der Waals surface area contributed by atoms with Gasteiger partial charge in [0.15, 0.2) is 0 Å². The highest BCUT2D eigenvalue weighted by molar-refractivity contribution is 5.36. The summed E-state index contributed by atoms with van der Waals surface area (Å²) in [4.78, 5) is 2.70. The van der Waals surface area contributed by atoms with Crippen LogP contribution in [-0.2, 0) is 0 Å². The molecular formula is C18H28N2. The van der Waals surface area contributed by atoms with E-state index in [0.717, 1.165) is 5.92 Å². The van der Waals surface area contributed by atoms with Crippen molar-refractivity contribution in [2.45, 2.75) is 64.1 Å². The third-order valence-electron chi connectivity index (χ3n) is 5.74. The number of piperidine rings is 1. The molecule has 0 spiro atoms. The highest BCUT2D eigenvalue weighted by Crippen LogP contribution is 2.40. The molecule has 1 aliphatic heterocycles. The fourth-order valence-electron chi connectivity index (χ4n) is 4.28. The van der Waals surface area contributed by atoms with E-state index in [-0.39, 0.29) is 6.04 Å². The van der Waals surface area contributed by atoms with Crippen LogP contribution in [0, 0.1) is 5.92 Å². The SMILES string of the molecule is CC1CC(N2CCCC(C)C2C)C(N)c2ccccc21. The molecule has 1 saturated heterocycles. The predicted octanol–water partition coefficient (Wildman–Crippen LogP) is 3.68. The van der Waals surface area contributed by atoms with Gasteiger partial charge in [-0.25, -0.2) is 0 Å².